The first-order chi connectivity index (χ1) is 11.9. The number of rotatable bonds is 7. The zero-order chi connectivity index (χ0) is 18.4. The minimum absolute atomic E-state index is 0.107. The summed E-state index contributed by atoms with van der Waals surface area (Å²) in [5.41, 5.74) is 0.606. The van der Waals surface area contributed by atoms with Gasteiger partial charge in [-0.1, -0.05) is 23.2 Å². The molecule has 0 saturated heterocycles. The summed E-state index contributed by atoms with van der Waals surface area (Å²) in [6.07, 6.45) is 1.33. The average Bonchev–Trinajstić information content (AvgIpc) is 2.57. The van der Waals surface area contributed by atoms with Gasteiger partial charge in [-0.15, -0.1) is 0 Å². The molecule has 2 aromatic carbocycles. The number of hydrogen-bond acceptors (Lipinski definition) is 5. The highest BCUT2D eigenvalue weighted by Gasteiger charge is 2.19. The van der Waals surface area contributed by atoms with Crippen LogP contribution in [0.4, 0.5) is 0 Å². The van der Waals surface area contributed by atoms with Crippen molar-refractivity contribution in [2.45, 2.75) is 11.8 Å². The van der Waals surface area contributed by atoms with Crippen LogP contribution < -0.4 is 14.3 Å². The lowest BCUT2D eigenvalue weighted by Gasteiger charge is -2.09. The number of methoxy groups -OCH3 is 1. The topological polar surface area (TPSA) is 77.0 Å². The molecule has 0 aliphatic rings. The molecule has 6 nitrogen and oxygen atoms in total. The Bertz CT molecular complexity index is 886. The summed E-state index contributed by atoms with van der Waals surface area (Å²) in [7, 11) is -2.57. The standard InChI is InChI=1S/C16H16Cl2N2O4S/c1-3-24-14-6-4-11(8-13(14)18)10-19-20-25(21,22)16-9-12(17)5-7-15(16)23-2/h4-10,20H,3H2,1-2H3/b19-10+. The Morgan fingerprint density at radius 2 is 1.88 bits per heavy atom. The van der Waals surface area contributed by atoms with Crippen LogP contribution in [0.3, 0.4) is 0 Å². The molecule has 0 saturated carbocycles. The van der Waals surface area contributed by atoms with Crippen LogP contribution in [0.2, 0.25) is 10.0 Å². The highest BCUT2D eigenvalue weighted by molar-refractivity contribution is 7.89. The Morgan fingerprint density at radius 3 is 2.52 bits per heavy atom. The maximum Gasteiger partial charge on any atom is 0.280 e. The molecule has 2 rings (SSSR count). The third-order valence-electron chi connectivity index (χ3n) is 3.06. The molecule has 0 unspecified atom stereocenters. The van der Waals surface area contributed by atoms with E-state index in [-0.39, 0.29) is 15.7 Å². The smallest absolute Gasteiger partial charge is 0.280 e. The Labute approximate surface area is 156 Å². The Hall–Kier alpha value is -1.96. The van der Waals surface area contributed by atoms with Gasteiger partial charge in [0.2, 0.25) is 0 Å². The summed E-state index contributed by atoms with van der Waals surface area (Å²) in [5, 5.41) is 4.43. The number of nitrogens with one attached hydrogen (secondary N) is 1. The first kappa shape index (κ1) is 19.4. The van der Waals surface area contributed by atoms with Crippen molar-refractivity contribution in [3.8, 4) is 11.5 Å². The van der Waals surface area contributed by atoms with Crippen LogP contribution >= 0.6 is 23.2 Å². The molecule has 0 aliphatic heterocycles. The van der Waals surface area contributed by atoms with Gasteiger partial charge in [-0.05, 0) is 48.9 Å². The van der Waals surface area contributed by atoms with E-state index in [4.69, 9.17) is 32.7 Å². The summed E-state index contributed by atoms with van der Waals surface area (Å²) >= 11 is 11.9. The van der Waals surface area contributed by atoms with Gasteiger partial charge in [-0.3, -0.25) is 0 Å². The minimum Gasteiger partial charge on any atom is -0.495 e. The van der Waals surface area contributed by atoms with Gasteiger partial charge in [0.1, 0.15) is 16.4 Å². The van der Waals surface area contributed by atoms with Crippen LogP contribution in [-0.4, -0.2) is 28.3 Å². The maximum atomic E-state index is 12.4. The van der Waals surface area contributed by atoms with Crippen molar-refractivity contribution < 1.29 is 17.9 Å². The van der Waals surface area contributed by atoms with Gasteiger partial charge in [0, 0.05) is 5.02 Å². The predicted molar refractivity (Wildman–Crippen MR) is 98.5 cm³/mol. The molecule has 0 aliphatic carbocycles. The normalized spacial score (nSPS) is 11.5. The number of sulfonamides is 1. The summed E-state index contributed by atoms with van der Waals surface area (Å²) in [6.45, 7) is 2.35. The van der Waals surface area contributed by atoms with Crippen LogP contribution in [0, 0.1) is 0 Å². The fourth-order valence-electron chi connectivity index (χ4n) is 1.95. The minimum atomic E-state index is -3.94. The lowest BCUT2D eigenvalue weighted by atomic mass is 10.2. The molecule has 1 N–H and O–H groups in total. The van der Waals surface area contributed by atoms with Crippen LogP contribution in [0.15, 0.2) is 46.4 Å². The van der Waals surface area contributed by atoms with E-state index in [1.807, 2.05) is 6.92 Å². The highest BCUT2D eigenvalue weighted by atomic mass is 35.5. The zero-order valence-corrected chi connectivity index (χ0v) is 15.8. The molecule has 0 aromatic heterocycles. The van der Waals surface area contributed by atoms with Crippen molar-refractivity contribution in [3.63, 3.8) is 0 Å². The van der Waals surface area contributed by atoms with E-state index in [2.05, 4.69) is 9.93 Å². The zero-order valence-electron chi connectivity index (χ0n) is 13.5. The number of nitrogens with zero attached hydrogens (tertiary/aromatic N) is 1. The van der Waals surface area contributed by atoms with E-state index in [1.54, 1.807) is 18.2 Å². The van der Waals surface area contributed by atoms with Crippen molar-refractivity contribution in [2.24, 2.45) is 5.10 Å². The Morgan fingerprint density at radius 1 is 1.16 bits per heavy atom. The third kappa shape index (κ3) is 5.01. The largest absolute Gasteiger partial charge is 0.495 e. The number of benzene rings is 2. The molecule has 0 radical (unpaired) electrons. The molecule has 0 amide bonds. The van der Waals surface area contributed by atoms with Gasteiger partial charge in [-0.25, -0.2) is 0 Å². The average molecular weight is 403 g/mol. The first-order valence-corrected chi connectivity index (χ1v) is 9.42. The Kier molecular flexibility index (Phi) is 6.52. The molecule has 134 valence electrons. The van der Waals surface area contributed by atoms with E-state index in [9.17, 15) is 8.42 Å². The lowest BCUT2D eigenvalue weighted by molar-refractivity contribution is 0.340. The van der Waals surface area contributed by atoms with Crippen LogP contribution in [0.5, 0.6) is 11.5 Å². The van der Waals surface area contributed by atoms with Gasteiger partial charge in [0.15, 0.2) is 0 Å². The fraction of sp³-hybridized carbons (Fsp3) is 0.188. The van der Waals surface area contributed by atoms with Crippen LogP contribution in [-0.2, 0) is 10.0 Å². The number of hydrazone groups is 1. The van der Waals surface area contributed by atoms with E-state index >= 15 is 0 Å². The van der Waals surface area contributed by atoms with Crippen molar-refractivity contribution in [1.29, 1.82) is 0 Å². The molecule has 0 bridgehead atoms. The summed E-state index contributed by atoms with van der Waals surface area (Å²) < 4.78 is 35.1. The monoisotopic (exact) mass is 402 g/mol. The van der Waals surface area contributed by atoms with Gasteiger partial charge in [0.05, 0.1) is 25.0 Å². The third-order valence-corrected chi connectivity index (χ3v) is 4.83. The number of hydrogen-bond donors (Lipinski definition) is 1. The van der Waals surface area contributed by atoms with Gasteiger partial charge >= 0.3 is 0 Å². The molecule has 25 heavy (non-hydrogen) atoms. The van der Waals surface area contributed by atoms with Crippen LogP contribution in [0.1, 0.15) is 12.5 Å². The summed E-state index contributed by atoms with van der Waals surface area (Å²) in [5.74, 6) is 0.710. The van der Waals surface area contributed by atoms with Crippen molar-refractivity contribution >= 4 is 39.4 Å². The molecule has 2 aromatic rings. The van der Waals surface area contributed by atoms with E-state index < -0.39 is 10.0 Å². The van der Waals surface area contributed by atoms with Gasteiger partial charge in [-0.2, -0.15) is 18.4 Å². The molecule has 0 atom stereocenters. The second kappa shape index (κ2) is 8.42. The molecule has 0 spiro atoms. The molecular formula is C16H16Cl2N2O4S. The quantitative estimate of drug-likeness (QED) is 0.565. The number of ether oxygens (including phenoxy) is 2. The number of halogens is 2. The van der Waals surface area contributed by atoms with Crippen molar-refractivity contribution in [1.82, 2.24) is 4.83 Å². The van der Waals surface area contributed by atoms with Crippen molar-refractivity contribution in [3.05, 3.63) is 52.0 Å². The predicted octanol–water partition coefficient (Wildman–Crippen LogP) is 3.71. The van der Waals surface area contributed by atoms with Gasteiger partial charge < -0.3 is 9.47 Å². The highest BCUT2D eigenvalue weighted by Crippen LogP contribution is 2.27. The SMILES string of the molecule is CCOc1ccc(/C=N/NS(=O)(=O)c2cc(Cl)ccc2OC)cc1Cl. The summed E-state index contributed by atoms with van der Waals surface area (Å²) in [6, 6.07) is 9.28. The lowest BCUT2D eigenvalue weighted by Crippen LogP contribution is -2.19. The molecule has 0 fully saturated rings. The second-order valence-corrected chi connectivity index (χ2v) is 7.24. The molecule has 0 heterocycles. The van der Waals surface area contributed by atoms with E-state index in [0.717, 1.165) is 0 Å². The van der Waals surface area contributed by atoms with E-state index in [1.165, 1.54) is 31.5 Å². The second-order valence-electron chi connectivity index (χ2n) is 4.77. The van der Waals surface area contributed by atoms with Crippen LogP contribution in [0.25, 0.3) is 0 Å². The van der Waals surface area contributed by atoms with E-state index in [0.29, 0.717) is 22.9 Å². The maximum absolute atomic E-state index is 12.4. The fourth-order valence-corrected chi connectivity index (χ4v) is 3.42. The Balaban J connectivity index is 2.18. The first-order valence-electron chi connectivity index (χ1n) is 7.18. The van der Waals surface area contributed by atoms with Gasteiger partial charge in [0.25, 0.3) is 10.0 Å². The van der Waals surface area contributed by atoms with Crippen molar-refractivity contribution in [2.75, 3.05) is 13.7 Å². The molecule has 9 heteroatoms. The molecular weight excluding hydrogens is 387 g/mol. The summed E-state index contributed by atoms with van der Waals surface area (Å²) in [4.78, 5) is 2.01.